The molecule has 1 aromatic rings. The summed E-state index contributed by atoms with van der Waals surface area (Å²) in [5, 5.41) is 6.89. The standard InChI is InChI=1S/C22H39N5O.HI/c1-7-18(4)28-21-13-17(3)9-10-19(21)14-24-22(23-8-2)25-15-20-16-26(5)11-12-27(20)6;/h9-10,13,18,20H,7-8,11-12,14-16H2,1-6H3,(H2,23,24,25);1H. The molecular weight excluding hydrogens is 477 g/mol. The molecule has 1 heterocycles. The Morgan fingerprint density at radius 1 is 1.24 bits per heavy atom. The maximum Gasteiger partial charge on any atom is 0.191 e. The van der Waals surface area contributed by atoms with Crippen LogP contribution in [0.1, 0.15) is 38.3 Å². The number of guanidine groups is 1. The van der Waals surface area contributed by atoms with Crippen LogP contribution in [0, 0.1) is 6.92 Å². The SMILES string of the molecule is CCNC(=NCc1ccc(C)cc1OC(C)CC)NCC1CN(C)CCN1C.I. The molecule has 0 spiro atoms. The summed E-state index contributed by atoms with van der Waals surface area (Å²) in [5.74, 6) is 1.81. The second-order valence-corrected chi connectivity index (χ2v) is 7.92. The molecule has 0 radical (unpaired) electrons. The predicted molar refractivity (Wildman–Crippen MR) is 134 cm³/mol. The van der Waals surface area contributed by atoms with Gasteiger partial charge in [-0.25, -0.2) is 4.99 Å². The van der Waals surface area contributed by atoms with Crippen LogP contribution in [0.2, 0.25) is 0 Å². The number of aryl methyl sites for hydroxylation is 1. The maximum absolute atomic E-state index is 6.13. The van der Waals surface area contributed by atoms with Gasteiger partial charge in [-0.3, -0.25) is 4.90 Å². The van der Waals surface area contributed by atoms with E-state index < -0.39 is 0 Å². The minimum absolute atomic E-state index is 0. The third-order valence-corrected chi connectivity index (χ3v) is 5.36. The fourth-order valence-electron chi connectivity index (χ4n) is 3.24. The monoisotopic (exact) mass is 517 g/mol. The van der Waals surface area contributed by atoms with Crippen molar-refractivity contribution in [1.82, 2.24) is 20.4 Å². The molecule has 2 unspecified atom stereocenters. The van der Waals surface area contributed by atoms with Gasteiger partial charge in [0.15, 0.2) is 5.96 Å². The fraction of sp³-hybridized carbons (Fsp3) is 0.682. The Balaban J connectivity index is 0.00000420. The molecule has 1 aliphatic heterocycles. The molecule has 2 atom stereocenters. The van der Waals surface area contributed by atoms with E-state index in [0.717, 1.165) is 56.4 Å². The van der Waals surface area contributed by atoms with Gasteiger partial charge in [-0.2, -0.15) is 0 Å². The zero-order valence-electron chi connectivity index (χ0n) is 19.0. The number of piperazine rings is 1. The molecule has 166 valence electrons. The van der Waals surface area contributed by atoms with Gasteiger partial charge >= 0.3 is 0 Å². The van der Waals surface area contributed by atoms with Crippen molar-refractivity contribution in [1.29, 1.82) is 0 Å². The van der Waals surface area contributed by atoms with E-state index in [-0.39, 0.29) is 30.1 Å². The highest BCUT2D eigenvalue weighted by Crippen LogP contribution is 2.23. The summed E-state index contributed by atoms with van der Waals surface area (Å²) in [7, 11) is 4.39. The van der Waals surface area contributed by atoms with Gasteiger partial charge < -0.3 is 20.3 Å². The maximum atomic E-state index is 6.13. The number of hydrogen-bond donors (Lipinski definition) is 2. The minimum Gasteiger partial charge on any atom is -0.490 e. The van der Waals surface area contributed by atoms with Crippen LogP contribution in [0.5, 0.6) is 5.75 Å². The molecule has 1 fully saturated rings. The molecule has 1 saturated heterocycles. The quantitative estimate of drug-likeness (QED) is 0.316. The van der Waals surface area contributed by atoms with Crippen molar-refractivity contribution in [3.63, 3.8) is 0 Å². The Morgan fingerprint density at radius 2 is 2.00 bits per heavy atom. The number of likely N-dealkylation sites (N-methyl/N-ethyl adjacent to an activating group) is 2. The average Bonchev–Trinajstić information content (AvgIpc) is 2.67. The van der Waals surface area contributed by atoms with Crippen LogP contribution >= 0.6 is 24.0 Å². The largest absolute Gasteiger partial charge is 0.490 e. The Hall–Kier alpha value is -1.06. The number of rotatable bonds is 8. The van der Waals surface area contributed by atoms with Crippen LogP contribution in [0.4, 0.5) is 0 Å². The van der Waals surface area contributed by atoms with Crippen molar-refractivity contribution in [2.75, 3.05) is 46.8 Å². The van der Waals surface area contributed by atoms with Crippen molar-refractivity contribution in [3.05, 3.63) is 29.3 Å². The van der Waals surface area contributed by atoms with Gasteiger partial charge in [0.2, 0.25) is 0 Å². The van der Waals surface area contributed by atoms with Gasteiger partial charge in [-0.05, 0) is 52.9 Å². The Labute approximate surface area is 194 Å². The van der Waals surface area contributed by atoms with E-state index in [0.29, 0.717) is 12.6 Å². The van der Waals surface area contributed by atoms with Crippen molar-refractivity contribution >= 4 is 29.9 Å². The summed E-state index contributed by atoms with van der Waals surface area (Å²) in [6, 6.07) is 6.86. The third kappa shape index (κ3) is 8.68. The van der Waals surface area contributed by atoms with Crippen LogP contribution in [0.15, 0.2) is 23.2 Å². The topological polar surface area (TPSA) is 52.1 Å². The number of nitrogens with one attached hydrogen (secondary N) is 2. The molecule has 2 N–H and O–H groups in total. The Kier molecular flexibility index (Phi) is 11.9. The van der Waals surface area contributed by atoms with Gasteiger partial charge in [-0.15, -0.1) is 24.0 Å². The van der Waals surface area contributed by atoms with Gasteiger partial charge in [0.25, 0.3) is 0 Å². The molecule has 7 heteroatoms. The molecule has 0 aliphatic carbocycles. The molecule has 1 aliphatic rings. The van der Waals surface area contributed by atoms with Gasteiger partial charge in [0.1, 0.15) is 5.75 Å². The van der Waals surface area contributed by atoms with Crippen molar-refractivity contribution < 1.29 is 4.74 Å². The van der Waals surface area contributed by atoms with E-state index in [9.17, 15) is 0 Å². The van der Waals surface area contributed by atoms with Gasteiger partial charge in [-0.1, -0.05) is 19.1 Å². The van der Waals surface area contributed by atoms with Crippen LogP contribution in [-0.4, -0.2) is 74.7 Å². The first-order chi connectivity index (χ1) is 13.4. The highest BCUT2D eigenvalue weighted by atomic mass is 127. The van der Waals surface area contributed by atoms with Gasteiger partial charge in [0.05, 0.1) is 12.6 Å². The van der Waals surface area contributed by atoms with Crippen molar-refractivity contribution in [3.8, 4) is 5.75 Å². The Bertz CT molecular complexity index is 640. The first-order valence-corrected chi connectivity index (χ1v) is 10.6. The van der Waals surface area contributed by atoms with E-state index >= 15 is 0 Å². The summed E-state index contributed by atoms with van der Waals surface area (Å²) < 4.78 is 6.13. The zero-order valence-corrected chi connectivity index (χ0v) is 21.3. The molecule has 0 saturated carbocycles. The molecule has 6 nitrogen and oxygen atoms in total. The molecule has 0 amide bonds. The zero-order chi connectivity index (χ0) is 20.5. The van der Waals surface area contributed by atoms with Crippen molar-refractivity contribution in [2.45, 2.75) is 52.8 Å². The van der Waals surface area contributed by atoms with Crippen molar-refractivity contribution in [2.24, 2.45) is 4.99 Å². The average molecular weight is 518 g/mol. The molecule has 0 bridgehead atoms. The number of aliphatic imine (C=N–C) groups is 1. The molecule has 0 aromatic heterocycles. The van der Waals surface area contributed by atoms with Crippen LogP contribution in [0.25, 0.3) is 0 Å². The Morgan fingerprint density at radius 3 is 2.69 bits per heavy atom. The number of halogens is 1. The normalized spacial score (nSPS) is 19.4. The number of hydrogen-bond acceptors (Lipinski definition) is 4. The highest BCUT2D eigenvalue weighted by molar-refractivity contribution is 14.0. The lowest BCUT2D eigenvalue weighted by molar-refractivity contribution is 0.116. The van der Waals surface area contributed by atoms with E-state index in [2.05, 4.69) is 80.4 Å². The molecule has 2 rings (SSSR count). The smallest absolute Gasteiger partial charge is 0.191 e. The van der Waals surface area contributed by atoms with E-state index in [1.807, 2.05) is 0 Å². The number of ether oxygens (including phenoxy) is 1. The molecular formula is C22H40IN5O. The second-order valence-electron chi connectivity index (χ2n) is 7.92. The lowest BCUT2D eigenvalue weighted by atomic mass is 10.1. The van der Waals surface area contributed by atoms with E-state index in [4.69, 9.17) is 9.73 Å². The van der Waals surface area contributed by atoms with Crippen LogP contribution in [0.3, 0.4) is 0 Å². The lowest BCUT2D eigenvalue weighted by Gasteiger charge is -2.37. The van der Waals surface area contributed by atoms with Crippen LogP contribution < -0.4 is 15.4 Å². The molecule has 29 heavy (non-hydrogen) atoms. The molecule has 1 aromatic carbocycles. The van der Waals surface area contributed by atoms with E-state index in [1.54, 1.807) is 0 Å². The van der Waals surface area contributed by atoms with E-state index in [1.165, 1.54) is 5.56 Å². The third-order valence-electron chi connectivity index (χ3n) is 5.36. The summed E-state index contributed by atoms with van der Waals surface area (Å²) in [4.78, 5) is 9.63. The summed E-state index contributed by atoms with van der Waals surface area (Å²) in [6.45, 7) is 14.1. The lowest BCUT2D eigenvalue weighted by Crippen LogP contribution is -2.55. The highest BCUT2D eigenvalue weighted by Gasteiger charge is 2.22. The first kappa shape index (κ1) is 26.0. The minimum atomic E-state index is 0. The first-order valence-electron chi connectivity index (χ1n) is 10.6. The van der Waals surface area contributed by atoms with Gasteiger partial charge in [0, 0.05) is 44.3 Å². The fourth-order valence-corrected chi connectivity index (χ4v) is 3.24. The van der Waals surface area contributed by atoms with Crippen LogP contribution in [-0.2, 0) is 6.54 Å². The predicted octanol–water partition coefficient (Wildman–Crippen LogP) is 3.09. The summed E-state index contributed by atoms with van der Waals surface area (Å²) >= 11 is 0. The summed E-state index contributed by atoms with van der Waals surface area (Å²) in [6.07, 6.45) is 1.19. The second kappa shape index (κ2) is 13.3. The summed E-state index contributed by atoms with van der Waals surface area (Å²) in [5.41, 5.74) is 2.33. The number of nitrogens with zero attached hydrogens (tertiary/aromatic N) is 3. The number of benzene rings is 1.